The van der Waals surface area contributed by atoms with E-state index < -0.39 is 0 Å². The minimum absolute atomic E-state index is 0.189. The average Bonchev–Trinajstić information content (AvgIpc) is 3.30. The van der Waals surface area contributed by atoms with Gasteiger partial charge in [0.15, 0.2) is 0 Å². The summed E-state index contributed by atoms with van der Waals surface area (Å²) in [6, 6.07) is 22.7. The van der Waals surface area contributed by atoms with E-state index in [2.05, 4.69) is 10.1 Å². The monoisotopic (exact) mass is 485 g/mol. The van der Waals surface area contributed by atoms with Crippen LogP contribution in [0.2, 0.25) is 5.02 Å². The zero-order chi connectivity index (χ0) is 24.5. The van der Waals surface area contributed by atoms with Gasteiger partial charge in [-0.15, -0.1) is 0 Å². The van der Waals surface area contributed by atoms with Gasteiger partial charge in [0.2, 0.25) is 5.91 Å². The zero-order valence-corrected chi connectivity index (χ0v) is 20.2. The molecule has 2 heterocycles. The fourth-order valence-corrected chi connectivity index (χ4v) is 4.83. The molecule has 1 amide bonds. The molecule has 0 fully saturated rings. The molecule has 4 aromatic rings. The van der Waals surface area contributed by atoms with Crippen LogP contribution in [0, 0.1) is 0 Å². The summed E-state index contributed by atoms with van der Waals surface area (Å²) in [4.78, 5) is 29.0. The van der Waals surface area contributed by atoms with Crippen LogP contribution in [0.25, 0.3) is 10.9 Å². The second kappa shape index (κ2) is 9.39. The van der Waals surface area contributed by atoms with Crippen molar-refractivity contribution in [1.29, 1.82) is 0 Å². The zero-order valence-electron chi connectivity index (χ0n) is 19.4. The summed E-state index contributed by atoms with van der Waals surface area (Å²) in [5, 5.41) is 7.58. The van der Waals surface area contributed by atoms with Gasteiger partial charge in [-0.1, -0.05) is 54.1 Å². The van der Waals surface area contributed by atoms with Crippen molar-refractivity contribution in [1.82, 2.24) is 9.99 Å². The fraction of sp³-hybridized carbons (Fsp3) is 0.179. The fourth-order valence-electron chi connectivity index (χ4n) is 4.66. The number of hydrazone groups is 1. The van der Waals surface area contributed by atoms with E-state index in [1.165, 1.54) is 11.9 Å². The molecule has 1 aromatic heterocycles. The Labute approximate surface area is 207 Å². The molecule has 0 aliphatic carbocycles. The third-order valence-electron chi connectivity index (χ3n) is 6.33. The van der Waals surface area contributed by atoms with E-state index >= 15 is 0 Å². The van der Waals surface area contributed by atoms with E-state index in [-0.39, 0.29) is 17.5 Å². The Hall–Kier alpha value is -3.90. The smallest absolute Gasteiger partial charge is 0.257 e. The molecular weight excluding hydrogens is 462 g/mol. The van der Waals surface area contributed by atoms with Crippen LogP contribution in [0.1, 0.15) is 41.6 Å². The number of carbonyl (C=O) groups excluding carboxylic acids is 1. The van der Waals surface area contributed by atoms with Crippen LogP contribution in [0.4, 0.5) is 0 Å². The van der Waals surface area contributed by atoms with Gasteiger partial charge >= 0.3 is 0 Å². The molecule has 1 aliphatic rings. The lowest BCUT2D eigenvalue weighted by molar-refractivity contribution is -0.130. The Morgan fingerprint density at radius 1 is 1.11 bits per heavy atom. The van der Waals surface area contributed by atoms with Crippen LogP contribution in [-0.4, -0.2) is 28.7 Å². The summed E-state index contributed by atoms with van der Waals surface area (Å²) in [6.07, 6.45) is 0.950. The van der Waals surface area contributed by atoms with Crippen molar-refractivity contribution in [3.05, 3.63) is 110 Å². The highest BCUT2D eigenvalue weighted by atomic mass is 35.5. The van der Waals surface area contributed by atoms with Crippen LogP contribution < -0.4 is 10.3 Å². The Morgan fingerprint density at radius 2 is 1.86 bits per heavy atom. The Morgan fingerprint density at radius 3 is 2.54 bits per heavy atom. The van der Waals surface area contributed by atoms with E-state index in [1.807, 2.05) is 66.7 Å². The normalized spacial score (nSPS) is 15.3. The van der Waals surface area contributed by atoms with Crippen LogP contribution in [-0.2, 0) is 11.2 Å². The van der Waals surface area contributed by atoms with Crippen molar-refractivity contribution >= 4 is 34.1 Å². The Bertz CT molecular complexity index is 1490. The largest absolute Gasteiger partial charge is 0.497 e. The van der Waals surface area contributed by atoms with Crippen LogP contribution >= 0.6 is 11.6 Å². The molecular formula is C28H24ClN3O3. The molecule has 1 unspecified atom stereocenters. The Balaban J connectivity index is 1.66. The number of methoxy groups -OCH3 is 1. The summed E-state index contributed by atoms with van der Waals surface area (Å²) >= 11 is 6.35. The average molecular weight is 486 g/mol. The highest BCUT2D eigenvalue weighted by Crippen LogP contribution is 2.35. The van der Waals surface area contributed by atoms with E-state index in [4.69, 9.17) is 16.3 Å². The maximum atomic E-state index is 13.4. The molecule has 5 rings (SSSR count). The maximum absolute atomic E-state index is 13.4. The predicted octanol–water partition coefficient (Wildman–Crippen LogP) is 5.48. The van der Waals surface area contributed by atoms with Crippen molar-refractivity contribution in [3.8, 4) is 5.75 Å². The molecule has 1 atom stereocenters. The van der Waals surface area contributed by atoms with E-state index in [9.17, 15) is 9.59 Å². The Kier molecular flexibility index (Phi) is 6.14. The van der Waals surface area contributed by atoms with Crippen molar-refractivity contribution in [2.45, 2.75) is 25.8 Å². The molecule has 0 radical (unpaired) electrons. The molecule has 7 heteroatoms. The molecule has 0 saturated carbocycles. The van der Waals surface area contributed by atoms with Crippen molar-refractivity contribution in [2.24, 2.45) is 5.10 Å². The van der Waals surface area contributed by atoms with Gasteiger partial charge in [-0.05, 0) is 53.4 Å². The van der Waals surface area contributed by atoms with Crippen molar-refractivity contribution in [2.75, 3.05) is 7.11 Å². The standard InChI is InChI=1S/C28H24ClN3O3/c1-17(33)32-26(19-8-11-21(35-2)12-9-19)16-25(31-32)27-23(14-18-6-4-3-5-7-18)22-15-20(29)10-13-24(22)30-28(27)34/h3-13,15,26H,14,16H2,1-2H3,(H,30,34). The highest BCUT2D eigenvalue weighted by Gasteiger charge is 2.33. The van der Waals surface area contributed by atoms with E-state index in [1.54, 1.807) is 13.2 Å². The summed E-state index contributed by atoms with van der Waals surface area (Å²) < 4.78 is 5.27. The van der Waals surface area contributed by atoms with Gasteiger partial charge in [0.1, 0.15) is 5.75 Å². The number of aromatic amines is 1. The molecule has 1 N–H and O–H groups in total. The lowest BCUT2D eigenvalue weighted by Crippen LogP contribution is -2.24. The number of H-pyrrole nitrogens is 1. The third-order valence-corrected chi connectivity index (χ3v) is 6.56. The highest BCUT2D eigenvalue weighted by molar-refractivity contribution is 6.31. The predicted molar refractivity (Wildman–Crippen MR) is 138 cm³/mol. The SMILES string of the molecule is COc1ccc(C2CC(c3c(Cc4ccccc4)c4cc(Cl)ccc4[nH]c3=O)=NN2C(C)=O)cc1. The number of benzene rings is 3. The molecule has 6 nitrogen and oxygen atoms in total. The topological polar surface area (TPSA) is 74.8 Å². The molecule has 1 aliphatic heterocycles. The molecule has 0 spiro atoms. The summed E-state index contributed by atoms with van der Waals surface area (Å²) in [5.41, 5.74) is 4.38. The quantitative estimate of drug-likeness (QED) is 0.407. The van der Waals surface area contributed by atoms with Crippen LogP contribution in [0.3, 0.4) is 0 Å². The number of fused-ring (bicyclic) bond motifs is 1. The van der Waals surface area contributed by atoms with Gasteiger partial charge in [0, 0.05) is 29.3 Å². The lowest BCUT2D eigenvalue weighted by Gasteiger charge is -2.20. The van der Waals surface area contributed by atoms with Gasteiger partial charge in [-0.25, -0.2) is 5.01 Å². The summed E-state index contributed by atoms with van der Waals surface area (Å²) in [5.74, 6) is 0.543. The number of aromatic nitrogens is 1. The number of nitrogens with zero attached hydrogens (tertiary/aromatic N) is 2. The minimum atomic E-state index is -0.313. The second-order valence-corrected chi connectivity index (χ2v) is 9.00. The van der Waals surface area contributed by atoms with Crippen LogP contribution in [0.5, 0.6) is 5.75 Å². The number of pyridine rings is 1. The third kappa shape index (κ3) is 4.45. The number of rotatable bonds is 5. The number of carbonyl (C=O) groups is 1. The maximum Gasteiger partial charge on any atom is 0.257 e. The van der Waals surface area contributed by atoms with Gasteiger partial charge in [-0.2, -0.15) is 5.10 Å². The second-order valence-electron chi connectivity index (χ2n) is 8.56. The summed E-state index contributed by atoms with van der Waals surface area (Å²) in [7, 11) is 1.61. The van der Waals surface area contributed by atoms with Gasteiger partial charge in [0.05, 0.1) is 24.4 Å². The number of hydrogen-bond acceptors (Lipinski definition) is 4. The number of hydrogen-bond donors (Lipinski definition) is 1. The van der Waals surface area contributed by atoms with Gasteiger partial charge in [-0.3, -0.25) is 9.59 Å². The van der Waals surface area contributed by atoms with E-state index in [0.29, 0.717) is 34.7 Å². The van der Waals surface area contributed by atoms with Crippen LogP contribution in [0.15, 0.2) is 82.7 Å². The number of halogens is 1. The number of nitrogens with one attached hydrogen (secondary N) is 1. The first-order valence-corrected chi connectivity index (χ1v) is 11.7. The van der Waals surface area contributed by atoms with Gasteiger partial charge in [0.25, 0.3) is 5.56 Å². The minimum Gasteiger partial charge on any atom is -0.497 e. The van der Waals surface area contributed by atoms with Gasteiger partial charge < -0.3 is 9.72 Å². The first-order chi connectivity index (χ1) is 16.9. The van der Waals surface area contributed by atoms with E-state index in [0.717, 1.165) is 27.8 Å². The van der Waals surface area contributed by atoms with Crippen molar-refractivity contribution in [3.63, 3.8) is 0 Å². The molecule has 176 valence electrons. The summed E-state index contributed by atoms with van der Waals surface area (Å²) in [6.45, 7) is 1.48. The molecule has 0 bridgehead atoms. The lowest BCUT2D eigenvalue weighted by atomic mass is 9.91. The number of ether oxygens (including phenoxy) is 1. The first-order valence-electron chi connectivity index (χ1n) is 11.3. The first kappa shape index (κ1) is 22.9. The molecule has 0 saturated heterocycles. The number of amides is 1. The molecule has 3 aromatic carbocycles. The van der Waals surface area contributed by atoms with Crippen molar-refractivity contribution < 1.29 is 9.53 Å². The molecule has 35 heavy (non-hydrogen) atoms.